The number of carbonyl (C=O) groups is 1. The van der Waals surface area contributed by atoms with Crippen LogP contribution in [0.4, 0.5) is 5.69 Å². The molecule has 1 fully saturated rings. The molecule has 0 saturated carbocycles. The van der Waals surface area contributed by atoms with E-state index in [9.17, 15) is 4.79 Å². The summed E-state index contributed by atoms with van der Waals surface area (Å²) in [5.41, 5.74) is 6.86. The Morgan fingerprint density at radius 1 is 1.45 bits per heavy atom. The molecule has 1 aliphatic heterocycles. The van der Waals surface area contributed by atoms with E-state index in [0.717, 1.165) is 32.8 Å². The summed E-state index contributed by atoms with van der Waals surface area (Å²) in [6.07, 6.45) is 1.63. The molecule has 1 heterocycles. The van der Waals surface area contributed by atoms with Gasteiger partial charge >= 0.3 is 0 Å². The largest absolute Gasteiger partial charge is 0.487 e. The first-order valence-corrected chi connectivity index (χ1v) is 7.42. The molecule has 0 spiro atoms. The van der Waals surface area contributed by atoms with E-state index >= 15 is 0 Å². The van der Waals surface area contributed by atoms with Crippen molar-refractivity contribution in [1.82, 2.24) is 10.2 Å². The number of nitrogens with two attached hydrogens (primary N) is 1. The highest BCUT2D eigenvalue weighted by Gasteiger charge is 2.12. The average Bonchev–Trinajstić information content (AvgIpc) is 2.55. The molecular weight excluding hydrogens is 282 g/mol. The van der Waals surface area contributed by atoms with Gasteiger partial charge in [0.2, 0.25) is 0 Å². The van der Waals surface area contributed by atoms with Crippen LogP contribution in [0.15, 0.2) is 30.9 Å². The standard InChI is InChI=1S/C16H23N3O3/c1-2-9-22-15-12-13(3-4-14(15)17)16(20)18-5-6-19-7-10-21-11-8-19/h2-4,12H,1,5-11,17H2,(H,18,20). The molecule has 0 aromatic heterocycles. The van der Waals surface area contributed by atoms with Gasteiger partial charge < -0.3 is 20.5 Å². The third-order valence-electron chi connectivity index (χ3n) is 3.45. The zero-order valence-corrected chi connectivity index (χ0v) is 12.7. The van der Waals surface area contributed by atoms with Crippen LogP contribution < -0.4 is 15.8 Å². The molecule has 1 aromatic carbocycles. The van der Waals surface area contributed by atoms with Crippen LogP contribution in [0.1, 0.15) is 10.4 Å². The maximum atomic E-state index is 12.2. The lowest BCUT2D eigenvalue weighted by Crippen LogP contribution is -2.41. The van der Waals surface area contributed by atoms with Crippen molar-refractivity contribution in [3.63, 3.8) is 0 Å². The summed E-state index contributed by atoms with van der Waals surface area (Å²) in [5, 5.41) is 2.91. The van der Waals surface area contributed by atoms with Gasteiger partial charge in [0.1, 0.15) is 12.4 Å². The first kappa shape index (κ1) is 16.3. The number of anilines is 1. The van der Waals surface area contributed by atoms with Gasteiger partial charge in [0.25, 0.3) is 5.91 Å². The highest BCUT2D eigenvalue weighted by Crippen LogP contribution is 2.22. The molecule has 1 saturated heterocycles. The number of carbonyl (C=O) groups excluding carboxylic acids is 1. The minimum atomic E-state index is -0.128. The number of amides is 1. The number of ether oxygens (including phenoxy) is 2. The lowest BCUT2D eigenvalue weighted by molar-refractivity contribution is 0.0383. The van der Waals surface area contributed by atoms with Gasteiger partial charge in [-0.2, -0.15) is 0 Å². The molecule has 120 valence electrons. The molecule has 0 bridgehead atoms. The number of benzene rings is 1. The van der Waals surface area contributed by atoms with Crippen LogP contribution >= 0.6 is 0 Å². The van der Waals surface area contributed by atoms with Crippen molar-refractivity contribution in [1.29, 1.82) is 0 Å². The first-order valence-electron chi connectivity index (χ1n) is 7.42. The van der Waals surface area contributed by atoms with Crippen LogP contribution in [0.5, 0.6) is 5.75 Å². The molecule has 0 radical (unpaired) electrons. The number of nitrogens with zero attached hydrogens (tertiary/aromatic N) is 1. The molecule has 1 aliphatic rings. The zero-order valence-electron chi connectivity index (χ0n) is 12.7. The van der Waals surface area contributed by atoms with E-state index in [0.29, 0.717) is 30.2 Å². The maximum Gasteiger partial charge on any atom is 0.251 e. The third kappa shape index (κ3) is 4.75. The molecule has 6 nitrogen and oxygen atoms in total. The number of rotatable bonds is 7. The summed E-state index contributed by atoms with van der Waals surface area (Å²) >= 11 is 0. The molecule has 0 atom stereocenters. The van der Waals surface area contributed by atoms with Gasteiger partial charge in [0.05, 0.1) is 18.9 Å². The lowest BCUT2D eigenvalue weighted by Gasteiger charge is -2.26. The quantitative estimate of drug-likeness (QED) is 0.578. The van der Waals surface area contributed by atoms with Crippen molar-refractivity contribution in [2.75, 3.05) is 51.7 Å². The van der Waals surface area contributed by atoms with Crippen LogP contribution in [0.2, 0.25) is 0 Å². The number of hydrogen-bond donors (Lipinski definition) is 2. The molecule has 0 unspecified atom stereocenters. The van der Waals surface area contributed by atoms with Gasteiger partial charge in [-0.05, 0) is 18.2 Å². The van der Waals surface area contributed by atoms with Crippen molar-refractivity contribution >= 4 is 11.6 Å². The van der Waals surface area contributed by atoms with Crippen LogP contribution in [0.3, 0.4) is 0 Å². The average molecular weight is 305 g/mol. The normalized spacial score (nSPS) is 15.3. The Kier molecular flexibility index (Phi) is 6.24. The van der Waals surface area contributed by atoms with E-state index in [1.807, 2.05) is 0 Å². The fraction of sp³-hybridized carbons (Fsp3) is 0.438. The Labute approximate surface area is 130 Å². The van der Waals surface area contributed by atoms with Gasteiger partial charge in [-0.3, -0.25) is 9.69 Å². The minimum absolute atomic E-state index is 0.128. The van der Waals surface area contributed by atoms with Crippen LogP contribution in [-0.2, 0) is 4.74 Å². The van der Waals surface area contributed by atoms with Crippen molar-refractivity contribution < 1.29 is 14.3 Å². The van der Waals surface area contributed by atoms with Gasteiger partial charge in [-0.25, -0.2) is 0 Å². The van der Waals surface area contributed by atoms with Gasteiger partial charge in [-0.1, -0.05) is 12.7 Å². The second kappa shape index (κ2) is 8.41. The van der Waals surface area contributed by atoms with E-state index in [1.165, 1.54) is 0 Å². The molecule has 0 aliphatic carbocycles. The van der Waals surface area contributed by atoms with Crippen LogP contribution in [0.25, 0.3) is 0 Å². The predicted molar refractivity (Wildman–Crippen MR) is 86.1 cm³/mol. The summed E-state index contributed by atoms with van der Waals surface area (Å²) in [7, 11) is 0. The molecule has 1 aromatic rings. The Bertz CT molecular complexity index is 513. The molecule has 22 heavy (non-hydrogen) atoms. The second-order valence-electron chi connectivity index (χ2n) is 5.06. The minimum Gasteiger partial charge on any atom is -0.487 e. The van der Waals surface area contributed by atoms with E-state index in [-0.39, 0.29) is 5.91 Å². The van der Waals surface area contributed by atoms with Gasteiger partial charge in [0.15, 0.2) is 0 Å². The fourth-order valence-corrected chi connectivity index (χ4v) is 2.20. The third-order valence-corrected chi connectivity index (χ3v) is 3.45. The van der Waals surface area contributed by atoms with E-state index in [1.54, 1.807) is 24.3 Å². The Morgan fingerprint density at radius 3 is 2.95 bits per heavy atom. The number of nitrogens with one attached hydrogen (secondary N) is 1. The molecule has 6 heteroatoms. The molecular formula is C16H23N3O3. The Hall–Kier alpha value is -2.05. The summed E-state index contributed by atoms with van der Waals surface area (Å²) in [5.74, 6) is 0.373. The van der Waals surface area contributed by atoms with Gasteiger partial charge in [-0.15, -0.1) is 0 Å². The topological polar surface area (TPSA) is 76.8 Å². The van der Waals surface area contributed by atoms with Crippen molar-refractivity contribution in [2.45, 2.75) is 0 Å². The number of hydrogen-bond acceptors (Lipinski definition) is 5. The second-order valence-corrected chi connectivity index (χ2v) is 5.06. The summed E-state index contributed by atoms with van der Waals surface area (Å²) in [6, 6.07) is 5.03. The zero-order chi connectivity index (χ0) is 15.8. The summed E-state index contributed by atoms with van der Waals surface area (Å²) in [4.78, 5) is 14.4. The van der Waals surface area contributed by atoms with E-state index in [2.05, 4.69) is 16.8 Å². The van der Waals surface area contributed by atoms with E-state index in [4.69, 9.17) is 15.2 Å². The highest BCUT2D eigenvalue weighted by atomic mass is 16.5. The first-order chi connectivity index (χ1) is 10.7. The van der Waals surface area contributed by atoms with Crippen molar-refractivity contribution in [3.8, 4) is 5.75 Å². The summed E-state index contributed by atoms with van der Waals surface area (Å²) in [6.45, 7) is 8.72. The maximum absolute atomic E-state index is 12.2. The smallest absolute Gasteiger partial charge is 0.251 e. The molecule has 3 N–H and O–H groups in total. The van der Waals surface area contributed by atoms with Crippen LogP contribution in [0, 0.1) is 0 Å². The summed E-state index contributed by atoms with van der Waals surface area (Å²) < 4.78 is 10.7. The van der Waals surface area contributed by atoms with Crippen molar-refractivity contribution in [2.24, 2.45) is 0 Å². The SMILES string of the molecule is C=CCOc1cc(C(=O)NCCN2CCOCC2)ccc1N. The predicted octanol–water partition coefficient (Wildman–Crippen LogP) is 0.896. The highest BCUT2D eigenvalue weighted by molar-refractivity contribution is 5.95. The molecule has 1 amide bonds. The Balaban J connectivity index is 1.84. The number of morpholine rings is 1. The van der Waals surface area contributed by atoms with Crippen LogP contribution in [-0.4, -0.2) is 56.8 Å². The molecule has 2 rings (SSSR count). The van der Waals surface area contributed by atoms with E-state index < -0.39 is 0 Å². The van der Waals surface area contributed by atoms with Gasteiger partial charge in [0, 0.05) is 31.7 Å². The monoisotopic (exact) mass is 305 g/mol. The van der Waals surface area contributed by atoms with Crippen molar-refractivity contribution in [3.05, 3.63) is 36.4 Å². The lowest BCUT2D eigenvalue weighted by atomic mass is 10.2. The Morgan fingerprint density at radius 2 is 2.23 bits per heavy atom. The fourth-order valence-electron chi connectivity index (χ4n) is 2.20. The number of nitrogen functional groups attached to an aromatic ring is 1.